The average Bonchev–Trinajstić information content (AvgIpc) is 2.60. The van der Waals surface area contributed by atoms with E-state index in [1.807, 2.05) is 24.3 Å². The zero-order chi connectivity index (χ0) is 18.6. The van der Waals surface area contributed by atoms with Crippen LogP contribution in [0.25, 0.3) is 0 Å². The van der Waals surface area contributed by atoms with E-state index in [0.29, 0.717) is 31.7 Å². The Morgan fingerprint density at radius 2 is 1.68 bits per heavy atom. The Hall–Kier alpha value is -2.04. The van der Waals surface area contributed by atoms with Crippen LogP contribution in [0.2, 0.25) is 0 Å². The van der Waals surface area contributed by atoms with E-state index in [1.54, 1.807) is 11.8 Å². The molecular weight excluding hydrogens is 318 g/mol. The Morgan fingerprint density at radius 3 is 2.16 bits per heavy atom. The number of hydrogen-bond donors (Lipinski definition) is 0. The molecule has 138 valence electrons. The van der Waals surface area contributed by atoms with Gasteiger partial charge in [-0.2, -0.15) is 0 Å². The lowest BCUT2D eigenvalue weighted by Gasteiger charge is -2.32. The zero-order valence-electron chi connectivity index (χ0n) is 15.9. The van der Waals surface area contributed by atoms with Crippen LogP contribution in [0.5, 0.6) is 5.75 Å². The van der Waals surface area contributed by atoms with E-state index in [-0.39, 0.29) is 23.2 Å². The molecule has 1 amide bonds. The van der Waals surface area contributed by atoms with Gasteiger partial charge < -0.3 is 14.4 Å². The predicted octanol–water partition coefficient (Wildman–Crippen LogP) is 3.16. The molecule has 25 heavy (non-hydrogen) atoms. The number of amides is 1. The summed E-state index contributed by atoms with van der Waals surface area (Å²) in [6.45, 7) is 9.38. The van der Waals surface area contributed by atoms with Crippen molar-refractivity contribution in [2.75, 3.05) is 20.2 Å². The number of carbonyl (C=O) groups excluding carboxylic acids is 2. The molecule has 1 aliphatic rings. The first-order valence-electron chi connectivity index (χ1n) is 8.86. The largest absolute Gasteiger partial charge is 0.481 e. The molecule has 1 saturated heterocycles. The van der Waals surface area contributed by atoms with Gasteiger partial charge in [0.1, 0.15) is 5.75 Å². The third kappa shape index (κ3) is 4.97. The second-order valence-corrected chi connectivity index (χ2v) is 7.66. The Labute approximate surface area is 150 Å². The van der Waals surface area contributed by atoms with Crippen molar-refractivity contribution >= 4 is 11.9 Å². The van der Waals surface area contributed by atoms with Gasteiger partial charge in [-0.1, -0.05) is 32.9 Å². The summed E-state index contributed by atoms with van der Waals surface area (Å²) in [6.07, 6.45) is 0.742. The van der Waals surface area contributed by atoms with Crippen molar-refractivity contribution in [2.45, 2.75) is 52.1 Å². The molecule has 2 rings (SSSR count). The highest BCUT2D eigenvalue weighted by atomic mass is 16.5. The average molecular weight is 347 g/mol. The summed E-state index contributed by atoms with van der Waals surface area (Å²) in [4.78, 5) is 25.9. The highest BCUT2D eigenvalue weighted by Crippen LogP contribution is 2.25. The first kappa shape index (κ1) is 19.3. The van der Waals surface area contributed by atoms with Crippen molar-refractivity contribution in [2.24, 2.45) is 5.92 Å². The topological polar surface area (TPSA) is 55.8 Å². The second-order valence-electron chi connectivity index (χ2n) is 7.66. The summed E-state index contributed by atoms with van der Waals surface area (Å²) < 4.78 is 10.6. The summed E-state index contributed by atoms with van der Waals surface area (Å²) in [5.74, 6) is 0.368. The number of carbonyl (C=O) groups is 2. The van der Waals surface area contributed by atoms with Gasteiger partial charge in [-0.15, -0.1) is 0 Å². The van der Waals surface area contributed by atoms with Crippen molar-refractivity contribution in [1.82, 2.24) is 4.90 Å². The lowest BCUT2D eigenvalue weighted by Crippen LogP contribution is -2.45. The lowest BCUT2D eigenvalue weighted by molar-refractivity contribution is -0.150. The van der Waals surface area contributed by atoms with E-state index in [9.17, 15) is 9.59 Å². The third-order valence-corrected chi connectivity index (χ3v) is 4.72. The molecular formula is C20H29NO4. The van der Waals surface area contributed by atoms with Crippen LogP contribution in [0, 0.1) is 5.92 Å². The number of piperidine rings is 1. The van der Waals surface area contributed by atoms with Crippen LogP contribution < -0.4 is 4.74 Å². The molecule has 0 N–H and O–H groups in total. The van der Waals surface area contributed by atoms with Crippen LogP contribution in [0.1, 0.15) is 46.1 Å². The summed E-state index contributed by atoms with van der Waals surface area (Å²) in [5, 5.41) is 0. The van der Waals surface area contributed by atoms with E-state index in [4.69, 9.17) is 9.47 Å². The number of esters is 1. The SMILES string of the molecule is COC(=O)C1CCN(C(=O)[C@H](C)Oc2ccc(C(C)(C)C)cc2)CC1. The van der Waals surface area contributed by atoms with Crippen LogP contribution in [0.4, 0.5) is 0 Å². The first-order valence-corrected chi connectivity index (χ1v) is 8.86. The maximum Gasteiger partial charge on any atom is 0.308 e. The van der Waals surface area contributed by atoms with Gasteiger partial charge in [0.15, 0.2) is 6.10 Å². The van der Waals surface area contributed by atoms with Crippen LogP contribution in [0.15, 0.2) is 24.3 Å². The highest BCUT2D eigenvalue weighted by Gasteiger charge is 2.30. The minimum atomic E-state index is -0.546. The smallest absolute Gasteiger partial charge is 0.308 e. The molecule has 0 saturated carbocycles. The molecule has 5 nitrogen and oxygen atoms in total. The molecule has 1 atom stereocenters. The van der Waals surface area contributed by atoms with Gasteiger partial charge in [0.05, 0.1) is 13.0 Å². The summed E-state index contributed by atoms with van der Waals surface area (Å²) in [5.41, 5.74) is 1.31. The molecule has 5 heteroatoms. The van der Waals surface area contributed by atoms with Gasteiger partial charge in [0, 0.05) is 13.1 Å². The van der Waals surface area contributed by atoms with Gasteiger partial charge in [0.25, 0.3) is 5.91 Å². The number of nitrogens with zero attached hydrogens (tertiary/aromatic N) is 1. The maximum atomic E-state index is 12.6. The number of rotatable bonds is 4. The molecule has 1 aliphatic heterocycles. The van der Waals surface area contributed by atoms with Gasteiger partial charge in [0.2, 0.25) is 0 Å². The molecule has 1 aromatic carbocycles. The molecule has 1 fully saturated rings. The molecule has 0 radical (unpaired) electrons. The number of likely N-dealkylation sites (tertiary alicyclic amines) is 1. The fourth-order valence-electron chi connectivity index (χ4n) is 3.05. The third-order valence-electron chi connectivity index (χ3n) is 4.72. The Kier molecular flexibility index (Phi) is 6.09. The molecule has 0 bridgehead atoms. The van der Waals surface area contributed by atoms with E-state index in [2.05, 4.69) is 20.8 Å². The summed E-state index contributed by atoms with van der Waals surface area (Å²) >= 11 is 0. The molecule has 0 aliphatic carbocycles. The van der Waals surface area contributed by atoms with Crippen molar-refractivity contribution < 1.29 is 19.1 Å². The van der Waals surface area contributed by atoms with E-state index >= 15 is 0 Å². The predicted molar refractivity (Wildman–Crippen MR) is 96.6 cm³/mol. The number of hydrogen-bond acceptors (Lipinski definition) is 4. The molecule has 0 unspecified atom stereocenters. The van der Waals surface area contributed by atoms with Crippen molar-refractivity contribution in [3.05, 3.63) is 29.8 Å². The maximum absolute atomic E-state index is 12.6. The molecule has 0 spiro atoms. The van der Waals surface area contributed by atoms with Crippen LogP contribution in [-0.4, -0.2) is 43.1 Å². The fourth-order valence-corrected chi connectivity index (χ4v) is 3.05. The Morgan fingerprint density at radius 1 is 1.12 bits per heavy atom. The van der Waals surface area contributed by atoms with Crippen molar-refractivity contribution in [1.29, 1.82) is 0 Å². The summed E-state index contributed by atoms with van der Waals surface area (Å²) in [7, 11) is 1.40. The Balaban J connectivity index is 1.89. The number of benzene rings is 1. The van der Waals surface area contributed by atoms with Crippen LogP contribution in [0.3, 0.4) is 0 Å². The van der Waals surface area contributed by atoms with Gasteiger partial charge in [-0.3, -0.25) is 9.59 Å². The Bertz CT molecular complexity index is 595. The van der Waals surface area contributed by atoms with Crippen molar-refractivity contribution in [3.63, 3.8) is 0 Å². The van der Waals surface area contributed by atoms with Gasteiger partial charge in [-0.25, -0.2) is 0 Å². The molecule has 1 heterocycles. The highest BCUT2D eigenvalue weighted by molar-refractivity contribution is 5.81. The normalized spacial score (nSPS) is 17.1. The molecule has 0 aromatic heterocycles. The van der Waals surface area contributed by atoms with Crippen LogP contribution >= 0.6 is 0 Å². The summed E-state index contributed by atoms with van der Waals surface area (Å²) in [6, 6.07) is 7.89. The number of methoxy groups -OCH3 is 1. The monoisotopic (exact) mass is 347 g/mol. The van der Waals surface area contributed by atoms with E-state index < -0.39 is 6.10 Å². The van der Waals surface area contributed by atoms with E-state index in [0.717, 1.165) is 0 Å². The van der Waals surface area contributed by atoms with Gasteiger partial charge in [-0.05, 0) is 42.9 Å². The van der Waals surface area contributed by atoms with Crippen LogP contribution in [-0.2, 0) is 19.7 Å². The minimum absolute atomic E-state index is 0.0387. The van der Waals surface area contributed by atoms with Gasteiger partial charge >= 0.3 is 5.97 Å². The van der Waals surface area contributed by atoms with Crippen molar-refractivity contribution in [3.8, 4) is 5.75 Å². The number of ether oxygens (including phenoxy) is 2. The standard InChI is InChI=1S/C20H29NO4/c1-14(25-17-8-6-16(7-9-17)20(2,3)4)18(22)21-12-10-15(11-13-21)19(23)24-5/h6-9,14-15H,10-13H2,1-5H3/t14-/m0/s1. The molecule has 1 aromatic rings. The quantitative estimate of drug-likeness (QED) is 0.785. The second kappa shape index (κ2) is 7.89. The van der Waals surface area contributed by atoms with E-state index in [1.165, 1.54) is 12.7 Å². The minimum Gasteiger partial charge on any atom is -0.481 e. The zero-order valence-corrected chi connectivity index (χ0v) is 15.9. The fraction of sp³-hybridized carbons (Fsp3) is 0.600. The lowest BCUT2D eigenvalue weighted by atomic mass is 9.87. The first-order chi connectivity index (χ1) is 11.7.